The molecule has 1 aliphatic heterocycles. The third-order valence-electron chi connectivity index (χ3n) is 3.92. The van der Waals surface area contributed by atoms with Crippen LogP contribution in [0.5, 0.6) is 0 Å². The quantitative estimate of drug-likeness (QED) is 0.874. The molecule has 1 fully saturated rings. The van der Waals surface area contributed by atoms with Crippen molar-refractivity contribution in [3.8, 4) is 0 Å². The average molecular weight is 301 g/mol. The lowest BCUT2D eigenvalue weighted by Crippen LogP contribution is -2.28. The molecule has 1 N–H and O–H groups in total. The molecule has 5 heteroatoms. The Balaban J connectivity index is 1.89. The third kappa shape index (κ3) is 4.71. The number of halogens is 3. The zero-order chi connectivity index (χ0) is 15.3. The molecule has 21 heavy (non-hydrogen) atoms. The smallest absolute Gasteiger partial charge is 0.378 e. The number of ether oxygens (including phenoxy) is 1. The first-order chi connectivity index (χ1) is 9.98. The van der Waals surface area contributed by atoms with Crippen molar-refractivity contribution in [2.75, 3.05) is 13.2 Å². The van der Waals surface area contributed by atoms with Gasteiger partial charge in [-0.15, -0.1) is 0 Å². The van der Waals surface area contributed by atoms with Gasteiger partial charge in [-0.05, 0) is 50.8 Å². The van der Waals surface area contributed by atoms with Crippen molar-refractivity contribution in [2.24, 2.45) is 0 Å². The van der Waals surface area contributed by atoms with Crippen LogP contribution < -0.4 is 5.32 Å². The summed E-state index contributed by atoms with van der Waals surface area (Å²) in [7, 11) is 0. The van der Waals surface area contributed by atoms with Crippen LogP contribution in [-0.4, -0.2) is 19.3 Å². The van der Waals surface area contributed by atoms with E-state index in [-0.39, 0.29) is 12.1 Å². The summed E-state index contributed by atoms with van der Waals surface area (Å²) in [5.41, 5.74) is -0.256. The second kappa shape index (κ2) is 7.27. The van der Waals surface area contributed by atoms with E-state index in [1.165, 1.54) is 18.6 Å². The second-order valence-corrected chi connectivity index (χ2v) is 5.54. The van der Waals surface area contributed by atoms with Gasteiger partial charge >= 0.3 is 6.18 Å². The molecule has 0 bridgehead atoms. The Morgan fingerprint density at radius 2 is 2.05 bits per heavy atom. The normalized spacial score (nSPS) is 21.2. The van der Waals surface area contributed by atoms with Gasteiger partial charge in [0.15, 0.2) is 0 Å². The topological polar surface area (TPSA) is 21.3 Å². The standard InChI is InChI=1S/C16H22F3NO/c1-12(20-10-9-13-6-4-5-11-21-13)14-7-2-3-8-15(14)16(17,18)19/h2-3,7-8,12-13,20H,4-6,9-11H2,1H3. The van der Waals surface area contributed by atoms with E-state index < -0.39 is 11.7 Å². The highest BCUT2D eigenvalue weighted by atomic mass is 19.4. The van der Waals surface area contributed by atoms with Crippen LogP contribution in [0, 0.1) is 0 Å². The monoisotopic (exact) mass is 301 g/mol. The largest absolute Gasteiger partial charge is 0.416 e. The molecule has 2 atom stereocenters. The van der Waals surface area contributed by atoms with Crippen molar-refractivity contribution in [2.45, 2.75) is 50.9 Å². The fraction of sp³-hybridized carbons (Fsp3) is 0.625. The van der Waals surface area contributed by atoms with Gasteiger partial charge in [0.2, 0.25) is 0 Å². The first kappa shape index (κ1) is 16.3. The Morgan fingerprint density at radius 1 is 1.29 bits per heavy atom. The summed E-state index contributed by atoms with van der Waals surface area (Å²) in [6.45, 7) is 3.24. The first-order valence-corrected chi connectivity index (χ1v) is 7.49. The molecular formula is C16H22F3NO. The van der Waals surface area contributed by atoms with Gasteiger partial charge in [-0.3, -0.25) is 0 Å². The maximum absolute atomic E-state index is 13.0. The van der Waals surface area contributed by atoms with Gasteiger partial charge < -0.3 is 10.1 Å². The molecular weight excluding hydrogens is 279 g/mol. The lowest BCUT2D eigenvalue weighted by Gasteiger charge is -2.24. The Hall–Kier alpha value is -1.07. The Kier molecular flexibility index (Phi) is 5.65. The summed E-state index contributed by atoms with van der Waals surface area (Å²) in [5.74, 6) is 0. The minimum Gasteiger partial charge on any atom is -0.378 e. The van der Waals surface area contributed by atoms with Gasteiger partial charge in [0.25, 0.3) is 0 Å². The Bertz CT molecular complexity index is 441. The summed E-state index contributed by atoms with van der Waals surface area (Å²) < 4.78 is 44.5. The Labute approximate surface area is 123 Å². The van der Waals surface area contributed by atoms with E-state index in [9.17, 15) is 13.2 Å². The van der Waals surface area contributed by atoms with Crippen LogP contribution in [0.2, 0.25) is 0 Å². The van der Waals surface area contributed by atoms with E-state index in [0.717, 1.165) is 31.9 Å². The molecule has 0 aliphatic carbocycles. The van der Waals surface area contributed by atoms with Gasteiger partial charge in [0, 0.05) is 12.6 Å². The van der Waals surface area contributed by atoms with E-state index in [1.54, 1.807) is 13.0 Å². The molecule has 0 aromatic heterocycles. The molecule has 1 aliphatic rings. The molecule has 1 aromatic rings. The molecule has 118 valence electrons. The summed E-state index contributed by atoms with van der Waals surface area (Å²) in [4.78, 5) is 0. The number of nitrogens with one attached hydrogen (secondary N) is 1. The lowest BCUT2D eigenvalue weighted by atomic mass is 10.0. The summed E-state index contributed by atoms with van der Waals surface area (Å²) in [6.07, 6.45) is 0.125. The van der Waals surface area contributed by atoms with Crippen molar-refractivity contribution < 1.29 is 17.9 Å². The number of hydrogen-bond donors (Lipinski definition) is 1. The molecule has 0 radical (unpaired) electrons. The lowest BCUT2D eigenvalue weighted by molar-refractivity contribution is -0.138. The van der Waals surface area contributed by atoms with Crippen LogP contribution in [-0.2, 0) is 10.9 Å². The van der Waals surface area contributed by atoms with Crippen LogP contribution in [0.15, 0.2) is 24.3 Å². The van der Waals surface area contributed by atoms with E-state index in [1.807, 2.05) is 0 Å². The fourth-order valence-corrected chi connectivity index (χ4v) is 2.74. The molecule has 2 unspecified atom stereocenters. The predicted octanol–water partition coefficient (Wildman–Crippen LogP) is 4.32. The van der Waals surface area contributed by atoms with E-state index >= 15 is 0 Å². The molecule has 2 rings (SSSR count). The highest BCUT2D eigenvalue weighted by Gasteiger charge is 2.34. The van der Waals surface area contributed by atoms with Crippen molar-refractivity contribution in [3.63, 3.8) is 0 Å². The SMILES string of the molecule is CC(NCCC1CCCCO1)c1ccccc1C(F)(F)F. The number of alkyl halides is 3. The molecule has 0 saturated carbocycles. The average Bonchev–Trinajstić information content (AvgIpc) is 2.47. The number of rotatable bonds is 5. The minimum atomic E-state index is -4.31. The highest BCUT2D eigenvalue weighted by Crippen LogP contribution is 2.34. The Morgan fingerprint density at radius 3 is 2.71 bits per heavy atom. The molecule has 1 aromatic carbocycles. The van der Waals surface area contributed by atoms with Crippen molar-refractivity contribution in [1.82, 2.24) is 5.32 Å². The van der Waals surface area contributed by atoms with Gasteiger partial charge in [0.05, 0.1) is 11.7 Å². The zero-order valence-electron chi connectivity index (χ0n) is 12.2. The van der Waals surface area contributed by atoms with Gasteiger partial charge in [-0.2, -0.15) is 13.2 Å². The van der Waals surface area contributed by atoms with Gasteiger partial charge in [0.1, 0.15) is 0 Å². The molecule has 2 nitrogen and oxygen atoms in total. The van der Waals surface area contributed by atoms with Crippen LogP contribution in [0.3, 0.4) is 0 Å². The van der Waals surface area contributed by atoms with E-state index in [4.69, 9.17) is 4.74 Å². The molecule has 0 amide bonds. The third-order valence-corrected chi connectivity index (χ3v) is 3.92. The number of hydrogen-bond acceptors (Lipinski definition) is 2. The van der Waals surface area contributed by atoms with E-state index in [2.05, 4.69) is 5.32 Å². The van der Waals surface area contributed by atoms with Crippen LogP contribution >= 0.6 is 0 Å². The summed E-state index contributed by atoms with van der Waals surface area (Å²) >= 11 is 0. The van der Waals surface area contributed by atoms with E-state index in [0.29, 0.717) is 12.1 Å². The number of benzene rings is 1. The molecule has 1 heterocycles. The first-order valence-electron chi connectivity index (χ1n) is 7.49. The van der Waals surface area contributed by atoms with Crippen LogP contribution in [0.1, 0.15) is 49.8 Å². The molecule has 0 spiro atoms. The minimum absolute atomic E-state index is 0.247. The highest BCUT2D eigenvalue weighted by molar-refractivity contribution is 5.32. The van der Waals surface area contributed by atoms with Crippen molar-refractivity contribution in [3.05, 3.63) is 35.4 Å². The summed E-state index contributed by atoms with van der Waals surface area (Å²) in [5, 5.41) is 3.18. The second-order valence-electron chi connectivity index (χ2n) is 5.54. The van der Waals surface area contributed by atoms with Gasteiger partial charge in [-0.1, -0.05) is 18.2 Å². The van der Waals surface area contributed by atoms with Gasteiger partial charge in [-0.25, -0.2) is 0 Å². The predicted molar refractivity (Wildman–Crippen MR) is 76.1 cm³/mol. The van der Waals surface area contributed by atoms with Crippen molar-refractivity contribution >= 4 is 0 Å². The fourth-order valence-electron chi connectivity index (χ4n) is 2.74. The maximum atomic E-state index is 13.0. The van der Waals surface area contributed by atoms with Crippen LogP contribution in [0.25, 0.3) is 0 Å². The maximum Gasteiger partial charge on any atom is 0.416 e. The zero-order valence-corrected chi connectivity index (χ0v) is 12.2. The molecule has 1 saturated heterocycles. The summed E-state index contributed by atoms with van der Waals surface area (Å²) in [6, 6.07) is 5.42. The van der Waals surface area contributed by atoms with Crippen molar-refractivity contribution in [1.29, 1.82) is 0 Å². The van der Waals surface area contributed by atoms with Crippen LogP contribution in [0.4, 0.5) is 13.2 Å².